The number of pyridine rings is 2. The number of aromatic nitrogens is 2. The molecule has 4 rings (SSSR count). The van der Waals surface area contributed by atoms with Crippen LogP contribution in [0, 0.1) is 6.92 Å². The summed E-state index contributed by atoms with van der Waals surface area (Å²) in [7, 11) is 0. The number of thioether (sulfide) groups is 1. The van der Waals surface area contributed by atoms with Crippen molar-refractivity contribution in [3.63, 3.8) is 0 Å². The zero-order valence-electron chi connectivity index (χ0n) is 19.0. The summed E-state index contributed by atoms with van der Waals surface area (Å²) < 4.78 is 12.1. The average Bonchev–Trinajstić information content (AvgIpc) is 3.34. The van der Waals surface area contributed by atoms with Crippen LogP contribution in [0.25, 0.3) is 10.9 Å². The van der Waals surface area contributed by atoms with Gasteiger partial charge in [-0.2, -0.15) is 0 Å². The van der Waals surface area contributed by atoms with Crippen LogP contribution in [0.15, 0.2) is 66.6 Å². The second-order valence-electron chi connectivity index (χ2n) is 7.84. The highest BCUT2D eigenvalue weighted by atomic mass is 35.5. The summed E-state index contributed by atoms with van der Waals surface area (Å²) in [5, 5.41) is 1.59. The number of allylic oxidation sites excluding steroid dienone is 1. The van der Waals surface area contributed by atoms with Crippen LogP contribution in [-0.2, 0) is 11.3 Å². The molecule has 5 nitrogen and oxygen atoms in total. The van der Waals surface area contributed by atoms with Crippen LogP contribution < -0.4 is 9.64 Å². The van der Waals surface area contributed by atoms with E-state index in [2.05, 4.69) is 11.6 Å². The number of rotatable bonds is 9. The Morgan fingerprint density at radius 2 is 2.24 bits per heavy atom. The molecule has 7 heteroatoms. The quantitative estimate of drug-likeness (QED) is 0.309. The predicted molar refractivity (Wildman–Crippen MR) is 137 cm³/mol. The minimum absolute atomic E-state index is 0.288. The first-order valence-electron chi connectivity index (χ1n) is 11.0. The van der Waals surface area contributed by atoms with Gasteiger partial charge in [0.2, 0.25) is 0 Å². The maximum atomic E-state index is 6.53. The van der Waals surface area contributed by atoms with Crippen molar-refractivity contribution in [2.24, 2.45) is 0 Å². The summed E-state index contributed by atoms with van der Waals surface area (Å²) in [6.45, 7) is 9.09. The fourth-order valence-corrected chi connectivity index (χ4v) is 5.25. The number of fused-ring (bicyclic) bond motifs is 1. The number of aryl methyl sites for hydroxylation is 1. The second kappa shape index (κ2) is 11.1. The van der Waals surface area contributed by atoms with Crippen LogP contribution in [0.2, 0.25) is 5.02 Å². The Kier molecular flexibility index (Phi) is 7.91. The lowest BCUT2D eigenvalue weighted by Gasteiger charge is -2.19. The van der Waals surface area contributed by atoms with Gasteiger partial charge in [-0.1, -0.05) is 36.4 Å². The van der Waals surface area contributed by atoms with Crippen LogP contribution in [-0.4, -0.2) is 28.4 Å². The smallest absolute Gasteiger partial charge is 0.146 e. The highest BCUT2D eigenvalue weighted by molar-refractivity contribution is 7.99. The van der Waals surface area contributed by atoms with Crippen molar-refractivity contribution in [1.29, 1.82) is 0 Å². The largest absolute Gasteiger partial charge is 0.487 e. The molecule has 0 N–H and O–H groups in total. The highest BCUT2D eigenvalue weighted by Crippen LogP contribution is 2.35. The maximum Gasteiger partial charge on any atom is 0.146 e. The van der Waals surface area contributed by atoms with E-state index < -0.39 is 0 Å². The molecule has 3 heterocycles. The third-order valence-electron chi connectivity index (χ3n) is 5.48. The van der Waals surface area contributed by atoms with Crippen molar-refractivity contribution in [3.8, 4) is 5.75 Å². The second-order valence-corrected chi connectivity index (χ2v) is 9.31. The van der Waals surface area contributed by atoms with E-state index in [4.69, 9.17) is 26.1 Å². The molecule has 0 radical (unpaired) electrons. The molecular weight excluding hydrogens is 454 g/mol. The summed E-state index contributed by atoms with van der Waals surface area (Å²) in [6, 6.07) is 8.02. The van der Waals surface area contributed by atoms with Crippen molar-refractivity contribution in [2.45, 2.75) is 44.3 Å². The maximum absolute atomic E-state index is 6.53. The minimum Gasteiger partial charge on any atom is -0.487 e. The van der Waals surface area contributed by atoms with Crippen molar-refractivity contribution in [1.82, 2.24) is 9.97 Å². The standard InChI is InChI=1S/C26H28ClN3O2S/c1-4-11-30(5-2)23-13-18(3)29-26-20(23)9-6-10-24(26)32-16-21-22(27)14-28-15-25(21)33-17-19-8-7-12-31-19/h4-6,9-11,13-15,19H,2,7-8,12,16-17H2,1,3H3/b11-4-/t19-/m1/s1. The van der Waals surface area contributed by atoms with Gasteiger partial charge in [0.15, 0.2) is 0 Å². The van der Waals surface area contributed by atoms with Gasteiger partial charge in [0.1, 0.15) is 17.9 Å². The number of anilines is 1. The van der Waals surface area contributed by atoms with Gasteiger partial charge in [0, 0.05) is 58.7 Å². The number of hydrogen-bond donors (Lipinski definition) is 0. The Labute approximate surface area is 204 Å². The average molecular weight is 482 g/mol. The number of ether oxygens (including phenoxy) is 2. The van der Waals surface area contributed by atoms with E-state index in [-0.39, 0.29) is 6.10 Å². The molecule has 1 aromatic carbocycles. The van der Waals surface area contributed by atoms with E-state index in [1.54, 1.807) is 24.2 Å². The molecule has 0 bridgehead atoms. The van der Waals surface area contributed by atoms with Crippen LogP contribution >= 0.6 is 23.4 Å². The molecule has 2 aromatic heterocycles. The number of para-hydroxylation sites is 1. The molecule has 172 valence electrons. The van der Waals surface area contributed by atoms with Gasteiger partial charge in [-0.05, 0) is 38.8 Å². The lowest BCUT2D eigenvalue weighted by atomic mass is 10.1. The molecule has 0 aliphatic carbocycles. The zero-order valence-corrected chi connectivity index (χ0v) is 20.5. The highest BCUT2D eigenvalue weighted by Gasteiger charge is 2.18. The summed E-state index contributed by atoms with van der Waals surface area (Å²) in [4.78, 5) is 12.1. The summed E-state index contributed by atoms with van der Waals surface area (Å²) in [5.41, 5.74) is 3.65. The summed E-state index contributed by atoms with van der Waals surface area (Å²) in [6.07, 6.45) is 11.8. The van der Waals surface area contributed by atoms with Crippen molar-refractivity contribution in [2.75, 3.05) is 17.3 Å². The zero-order chi connectivity index (χ0) is 23.2. The first kappa shape index (κ1) is 23.6. The number of benzene rings is 1. The van der Waals surface area contributed by atoms with Gasteiger partial charge in [-0.15, -0.1) is 11.8 Å². The number of halogens is 1. The van der Waals surface area contributed by atoms with E-state index in [0.29, 0.717) is 17.4 Å². The molecule has 0 amide bonds. The Morgan fingerprint density at radius 3 is 3.00 bits per heavy atom. The Hall–Kier alpha value is -2.54. The lowest BCUT2D eigenvalue weighted by Crippen LogP contribution is -2.09. The van der Waals surface area contributed by atoms with Gasteiger partial charge < -0.3 is 14.4 Å². The first-order chi connectivity index (χ1) is 16.1. The van der Waals surface area contributed by atoms with Crippen LogP contribution in [0.5, 0.6) is 5.75 Å². The molecule has 1 aliphatic rings. The summed E-state index contributed by atoms with van der Waals surface area (Å²) >= 11 is 8.25. The normalized spacial score (nSPS) is 15.9. The Morgan fingerprint density at radius 1 is 1.36 bits per heavy atom. The topological polar surface area (TPSA) is 47.5 Å². The van der Waals surface area contributed by atoms with Crippen LogP contribution in [0.1, 0.15) is 31.0 Å². The van der Waals surface area contributed by atoms with E-state index in [1.807, 2.05) is 61.5 Å². The van der Waals surface area contributed by atoms with Crippen molar-refractivity contribution in [3.05, 3.63) is 78.0 Å². The van der Waals surface area contributed by atoms with Crippen LogP contribution in [0.3, 0.4) is 0 Å². The fourth-order valence-electron chi connectivity index (χ4n) is 3.88. The SMILES string of the molecule is C=CN(/C=C\C)c1cc(C)nc2c(OCc3c(Cl)cncc3SC[C@H]3CCCO3)cccc12. The Balaban J connectivity index is 1.61. The van der Waals surface area contributed by atoms with Gasteiger partial charge in [0.25, 0.3) is 0 Å². The van der Waals surface area contributed by atoms with E-state index in [1.165, 1.54) is 0 Å². The molecular formula is C26H28ClN3O2S. The molecule has 1 fully saturated rings. The van der Waals surface area contributed by atoms with Crippen molar-refractivity contribution >= 4 is 40.0 Å². The molecule has 0 unspecified atom stereocenters. The molecule has 1 aliphatic heterocycles. The third kappa shape index (κ3) is 5.52. The fraction of sp³-hybridized carbons (Fsp3) is 0.308. The predicted octanol–water partition coefficient (Wildman–Crippen LogP) is 6.93. The van der Waals surface area contributed by atoms with Crippen LogP contribution in [0.4, 0.5) is 5.69 Å². The number of nitrogens with zero attached hydrogens (tertiary/aromatic N) is 3. The molecule has 0 saturated carbocycles. The molecule has 33 heavy (non-hydrogen) atoms. The summed E-state index contributed by atoms with van der Waals surface area (Å²) in [5.74, 6) is 1.60. The van der Waals surface area contributed by atoms with Gasteiger partial charge in [-0.3, -0.25) is 4.98 Å². The Bertz CT molecular complexity index is 1160. The molecule has 1 atom stereocenters. The minimum atomic E-state index is 0.288. The lowest BCUT2D eigenvalue weighted by molar-refractivity contribution is 0.129. The molecule has 0 spiro atoms. The molecule has 1 saturated heterocycles. The van der Waals surface area contributed by atoms with E-state index in [9.17, 15) is 0 Å². The van der Waals surface area contributed by atoms with E-state index in [0.717, 1.165) is 57.9 Å². The van der Waals surface area contributed by atoms with Gasteiger partial charge >= 0.3 is 0 Å². The number of hydrogen-bond acceptors (Lipinski definition) is 6. The van der Waals surface area contributed by atoms with Crippen molar-refractivity contribution < 1.29 is 9.47 Å². The monoisotopic (exact) mass is 481 g/mol. The van der Waals surface area contributed by atoms with Gasteiger partial charge in [0.05, 0.1) is 16.8 Å². The first-order valence-corrected chi connectivity index (χ1v) is 12.4. The third-order valence-corrected chi connectivity index (χ3v) is 7.01. The van der Waals surface area contributed by atoms with E-state index >= 15 is 0 Å². The van der Waals surface area contributed by atoms with Gasteiger partial charge in [-0.25, -0.2) is 4.98 Å². The molecule has 3 aromatic rings.